The van der Waals surface area contributed by atoms with E-state index < -0.39 is 14.6 Å². The summed E-state index contributed by atoms with van der Waals surface area (Å²) in [5, 5.41) is 0.315. The first-order valence-corrected chi connectivity index (χ1v) is 10.4. The Morgan fingerprint density at radius 2 is 1.96 bits per heavy atom. The zero-order valence-electron chi connectivity index (χ0n) is 14.0. The minimum Gasteiger partial charge on any atom is -0.381 e. The van der Waals surface area contributed by atoms with Crippen LogP contribution in [0, 0.1) is 0 Å². The second-order valence-corrected chi connectivity index (χ2v) is 9.25. The fourth-order valence-corrected chi connectivity index (χ4v) is 5.19. The number of ether oxygens (including phenoxy) is 2. The SMILES string of the molecule is C[C@@H]1COCCN1c1cc(C2(S(C)(=O)=O)CCOCC2)cc(Cl)n1. The van der Waals surface area contributed by atoms with Gasteiger partial charge in [0, 0.05) is 26.0 Å². The number of anilines is 1. The maximum Gasteiger partial charge on any atom is 0.157 e. The molecule has 6 nitrogen and oxygen atoms in total. The summed E-state index contributed by atoms with van der Waals surface area (Å²) in [5.41, 5.74) is 0.710. The summed E-state index contributed by atoms with van der Waals surface area (Å²) in [6.07, 6.45) is 2.16. The van der Waals surface area contributed by atoms with Gasteiger partial charge in [0.25, 0.3) is 0 Å². The Morgan fingerprint density at radius 1 is 1.25 bits per heavy atom. The Balaban J connectivity index is 2.07. The number of pyridine rings is 1. The molecule has 8 heteroatoms. The lowest BCUT2D eigenvalue weighted by Crippen LogP contribution is -2.45. The van der Waals surface area contributed by atoms with Crippen molar-refractivity contribution in [2.24, 2.45) is 0 Å². The second kappa shape index (κ2) is 6.78. The lowest BCUT2D eigenvalue weighted by Gasteiger charge is -2.38. The van der Waals surface area contributed by atoms with Crippen LogP contribution in [0.3, 0.4) is 0 Å². The number of morpholine rings is 1. The summed E-state index contributed by atoms with van der Waals surface area (Å²) in [6.45, 7) is 4.87. The van der Waals surface area contributed by atoms with E-state index >= 15 is 0 Å². The minimum atomic E-state index is -3.33. The number of hydrogen-bond acceptors (Lipinski definition) is 6. The number of aromatic nitrogens is 1. The number of halogens is 1. The third-order valence-corrected chi connectivity index (χ3v) is 7.24. The molecule has 2 aliphatic heterocycles. The molecule has 0 radical (unpaired) electrons. The van der Waals surface area contributed by atoms with E-state index in [1.54, 1.807) is 6.07 Å². The molecule has 0 N–H and O–H groups in total. The molecule has 0 bridgehead atoms. The van der Waals surface area contributed by atoms with Crippen molar-refractivity contribution in [3.8, 4) is 0 Å². The second-order valence-electron chi connectivity index (χ2n) is 6.53. The third-order valence-electron chi connectivity index (χ3n) is 4.98. The van der Waals surface area contributed by atoms with E-state index in [0.717, 1.165) is 0 Å². The summed E-state index contributed by atoms with van der Waals surface area (Å²) in [5.74, 6) is 0.711. The van der Waals surface area contributed by atoms with Crippen molar-refractivity contribution in [1.29, 1.82) is 0 Å². The Morgan fingerprint density at radius 3 is 2.58 bits per heavy atom. The van der Waals surface area contributed by atoms with E-state index in [9.17, 15) is 8.42 Å². The average molecular weight is 375 g/mol. The molecule has 2 aliphatic rings. The Labute approximate surface area is 148 Å². The van der Waals surface area contributed by atoms with Gasteiger partial charge < -0.3 is 14.4 Å². The minimum absolute atomic E-state index is 0.168. The van der Waals surface area contributed by atoms with Crippen LogP contribution in [0.15, 0.2) is 12.1 Å². The van der Waals surface area contributed by atoms with Crippen molar-refractivity contribution >= 4 is 27.3 Å². The molecular formula is C16H23ClN2O4S. The molecule has 0 aliphatic carbocycles. The Hall–Kier alpha value is -0.890. The molecule has 0 saturated carbocycles. The molecule has 1 atom stereocenters. The summed E-state index contributed by atoms with van der Waals surface area (Å²) < 4.78 is 35.1. The van der Waals surface area contributed by atoms with Gasteiger partial charge in [-0.2, -0.15) is 0 Å². The fourth-order valence-electron chi connectivity index (χ4n) is 3.54. The first-order chi connectivity index (χ1) is 11.3. The molecule has 134 valence electrons. The fraction of sp³-hybridized carbons (Fsp3) is 0.688. The van der Waals surface area contributed by atoms with Gasteiger partial charge in [-0.3, -0.25) is 0 Å². The molecule has 0 amide bonds. The van der Waals surface area contributed by atoms with Crippen LogP contribution in [-0.2, 0) is 24.1 Å². The van der Waals surface area contributed by atoms with E-state index in [-0.39, 0.29) is 6.04 Å². The van der Waals surface area contributed by atoms with Crippen molar-refractivity contribution < 1.29 is 17.9 Å². The quantitative estimate of drug-likeness (QED) is 0.754. The van der Waals surface area contributed by atoms with Crippen molar-refractivity contribution in [2.75, 3.05) is 44.1 Å². The molecule has 0 unspecified atom stereocenters. The van der Waals surface area contributed by atoms with E-state index in [2.05, 4.69) is 16.8 Å². The van der Waals surface area contributed by atoms with E-state index in [4.69, 9.17) is 21.1 Å². The van der Waals surface area contributed by atoms with Gasteiger partial charge in [0.2, 0.25) is 0 Å². The Kier molecular flexibility index (Phi) is 5.06. The van der Waals surface area contributed by atoms with Crippen molar-refractivity contribution in [3.63, 3.8) is 0 Å². The average Bonchev–Trinajstić information content (AvgIpc) is 2.54. The number of sulfone groups is 1. The molecule has 3 heterocycles. The van der Waals surface area contributed by atoms with Crippen LogP contribution in [0.1, 0.15) is 25.3 Å². The number of rotatable bonds is 3. The molecule has 24 heavy (non-hydrogen) atoms. The molecule has 2 saturated heterocycles. The van der Waals surface area contributed by atoms with Gasteiger partial charge in [0.05, 0.1) is 19.3 Å². The molecule has 1 aromatic rings. The normalized spacial score (nSPS) is 24.8. The summed E-state index contributed by atoms with van der Waals surface area (Å²) in [7, 11) is -3.33. The molecular weight excluding hydrogens is 352 g/mol. The molecule has 2 fully saturated rings. The first-order valence-electron chi connectivity index (χ1n) is 8.13. The first kappa shape index (κ1) is 17.9. The summed E-state index contributed by atoms with van der Waals surface area (Å²) in [6, 6.07) is 3.73. The van der Waals surface area contributed by atoms with Gasteiger partial charge >= 0.3 is 0 Å². The van der Waals surface area contributed by atoms with Crippen LogP contribution in [0.2, 0.25) is 5.15 Å². The van der Waals surface area contributed by atoms with Gasteiger partial charge in [0.15, 0.2) is 9.84 Å². The topological polar surface area (TPSA) is 68.7 Å². The monoisotopic (exact) mass is 374 g/mol. The van der Waals surface area contributed by atoms with Gasteiger partial charge in [-0.05, 0) is 37.5 Å². The molecule has 3 rings (SSSR count). The highest BCUT2D eigenvalue weighted by molar-refractivity contribution is 7.91. The van der Waals surface area contributed by atoms with Crippen LogP contribution >= 0.6 is 11.6 Å². The lowest BCUT2D eigenvalue weighted by molar-refractivity contribution is 0.0741. The van der Waals surface area contributed by atoms with Crippen LogP contribution in [-0.4, -0.2) is 58.7 Å². The van der Waals surface area contributed by atoms with Crippen molar-refractivity contribution in [3.05, 3.63) is 22.8 Å². The predicted molar refractivity (Wildman–Crippen MR) is 93.4 cm³/mol. The highest BCUT2D eigenvalue weighted by Crippen LogP contribution is 2.41. The zero-order chi connectivity index (χ0) is 17.4. The van der Waals surface area contributed by atoms with Gasteiger partial charge in [-0.25, -0.2) is 13.4 Å². The van der Waals surface area contributed by atoms with Crippen molar-refractivity contribution in [2.45, 2.75) is 30.6 Å². The van der Waals surface area contributed by atoms with Gasteiger partial charge in [0.1, 0.15) is 15.7 Å². The number of hydrogen-bond donors (Lipinski definition) is 0. The van der Waals surface area contributed by atoms with Gasteiger partial charge in [-0.1, -0.05) is 11.6 Å². The van der Waals surface area contributed by atoms with E-state index in [1.807, 2.05) is 6.07 Å². The smallest absolute Gasteiger partial charge is 0.157 e. The lowest BCUT2D eigenvalue weighted by atomic mass is 9.91. The van der Waals surface area contributed by atoms with Crippen LogP contribution in [0.5, 0.6) is 0 Å². The highest BCUT2D eigenvalue weighted by Gasteiger charge is 2.44. The summed E-state index contributed by atoms with van der Waals surface area (Å²) >= 11 is 6.25. The molecule has 0 spiro atoms. The van der Waals surface area contributed by atoms with Crippen LogP contribution in [0.25, 0.3) is 0 Å². The van der Waals surface area contributed by atoms with Crippen LogP contribution < -0.4 is 4.90 Å². The molecule has 1 aromatic heterocycles. The van der Waals surface area contributed by atoms with Gasteiger partial charge in [-0.15, -0.1) is 0 Å². The zero-order valence-corrected chi connectivity index (χ0v) is 15.6. The maximum atomic E-state index is 12.6. The van der Waals surface area contributed by atoms with Crippen molar-refractivity contribution in [1.82, 2.24) is 4.98 Å². The largest absolute Gasteiger partial charge is 0.381 e. The summed E-state index contributed by atoms with van der Waals surface area (Å²) in [4.78, 5) is 6.54. The third kappa shape index (κ3) is 3.27. The highest BCUT2D eigenvalue weighted by atomic mass is 35.5. The van der Waals surface area contributed by atoms with E-state index in [0.29, 0.717) is 62.3 Å². The predicted octanol–water partition coefficient (Wildman–Crippen LogP) is 2.01. The van der Waals surface area contributed by atoms with E-state index in [1.165, 1.54) is 6.26 Å². The Bertz CT molecular complexity index is 704. The standard InChI is InChI=1S/C16H23ClN2O4S/c1-12-11-23-8-5-19(12)15-10-13(9-14(17)18-15)16(24(2,20)21)3-6-22-7-4-16/h9-10,12H,3-8,11H2,1-2H3/t12-/m1/s1. The van der Waals surface area contributed by atoms with Crippen LogP contribution in [0.4, 0.5) is 5.82 Å². The number of nitrogens with zero attached hydrogens (tertiary/aromatic N) is 2. The maximum absolute atomic E-state index is 12.6. The molecule has 0 aromatic carbocycles.